The van der Waals surface area contributed by atoms with Crippen molar-refractivity contribution in [3.63, 3.8) is 0 Å². The van der Waals surface area contributed by atoms with Crippen LogP contribution in [0, 0.1) is 5.92 Å². The van der Waals surface area contributed by atoms with Gasteiger partial charge in [-0.15, -0.1) is 0 Å². The van der Waals surface area contributed by atoms with Crippen LogP contribution >= 0.6 is 0 Å². The van der Waals surface area contributed by atoms with Crippen LogP contribution in [0.15, 0.2) is 0 Å². The second-order valence-corrected chi connectivity index (χ2v) is 8.92. The van der Waals surface area contributed by atoms with E-state index in [1.54, 1.807) is 0 Å². The van der Waals surface area contributed by atoms with Crippen molar-refractivity contribution in [3.05, 3.63) is 0 Å². The predicted octanol–water partition coefficient (Wildman–Crippen LogP) is -1.37. The molecule has 4 atom stereocenters. The highest BCUT2D eigenvalue weighted by atomic mass is 16.4. The molecular weight excluding hydrogens is 460 g/mol. The summed E-state index contributed by atoms with van der Waals surface area (Å²) in [5, 5.41) is 25.8. The normalized spacial score (nSPS) is 14.5. The molecule has 0 aliphatic carbocycles. The van der Waals surface area contributed by atoms with Crippen LogP contribution in [0.5, 0.6) is 0 Å². The molecule has 0 heterocycles. The minimum Gasteiger partial charge on any atom is -0.481 e. The summed E-state index contributed by atoms with van der Waals surface area (Å²) in [5.74, 6) is -4.94. The maximum atomic E-state index is 12.9. The molecule has 0 saturated carbocycles. The van der Waals surface area contributed by atoms with Crippen molar-refractivity contribution in [1.82, 2.24) is 16.0 Å². The van der Waals surface area contributed by atoms with Gasteiger partial charge in [0, 0.05) is 0 Å². The largest absolute Gasteiger partial charge is 0.481 e. The number of hydrogen-bond acceptors (Lipinski definition) is 8. The topological polar surface area (TPSA) is 240 Å². The van der Waals surface area contributed by atoms with Gasteiger partial charge in [-0.1, -0.05) is 20.3 Å². The Kier molecular flexibility index (Phi) is 16.2. The Bertz CT molecular complexity index is 704. The molecule has 13 heteroatoms. The number of amides is 3. The van der Waals surface area contributed by atoms with E-state index in [2.05, 4.69) is 16.0 Å². The summed E-state index contributed by atoms with van der Waals surface area (Å²) in [6.07, 6.45) is 2.26. The number of carboxylic acids is 2. The van der Waals surface area contributed by atoms with E-state index in [9.17, 15) is 34.2 Å². The van der Waals surface area contributed by atoms with Crippen LogP contribution < -0.4 is 33.2 Å². The molecule has 0 saturated heterocycles. The molecule has 0 fully saturated rings. The second-order valence-electron chi connectivity index (χ2n) is 8.92. The molecule has 0 rings (SSSR count). The summed E-state index contributed by atoms with van der Waals surface area (Å²) in [6, 6.07) is -4.72. The molecule has 0 aliphatic heterocycles. The van der Waals surface area contributed by atoms with Crippen LogP contribution in [-0.2, 0) is 24.0 Å². The fourth-order valence-corrected chi connectivity index (χ4v) is 3.30. The van der Waals surface area contributed by atoms with E-state index in [1.807, 2.05) is 13.8 Å². The van der Waals surface area contributed by atoms with Gasteiger partial charge in [0.2, 0.25) is 17.7 Å². The van der Waals surface area contributed by atoms with Crippen LogP contribution in [-0.4, -0.2) is 77.1 Å². The van der Waals surface area contributed by atoms with E-state index < -0.39 is 60.2 Å². The molecule has 0 spiro atoms. The Morgan fingerprint density at radius 3 is 1.69 bits per heavy atom. The number of rotatable bonds is 19. The summed E-state index contributed by atoms with van der Waals surface area (Å²) in [7, 11) is 0. The summed E-state index contributed by atoms with van der Waals surface area (Å²) < 4.78 is 0. The maximum Gasteiger partial charge on any atom is 0.326 e. The van der Waals surface area contributed by atoms with Crippen molar-refractivity contribution in [3.8, 4) is 0 Å². The lowest BCUT2D eigenvalue weighted by Crippen LogP contribution is -2.57. The molecule has 202 valence electrons. The molecular formula is C22H42N6O7. The first-order valence-corrected chi connectivity index (χ1v) is 11.9. The highest BCUT2D eigenvalue weighted by Gasteiger charge is 2.31. The van der Waals surface area contributed by atoms with Crippen molar-refractivity contribution in [2.45, 2.75) is 89.4 Å². The Balaban J connectivity index is 5.40. The number of carbonyl (C=O) groups excluding carboxylic acids is 3. The minimum atomic E-state index is -1.54. The fraction of sp³-hybridized carbons (Fsp3) is 0.773. The quantitative estimate of drug-likeness (QED) is 0.0963. The molecule has 0 aromatic heterocycles. The van der Waals surface area contributed by atoms with Gasteiger partial charge in [-0.2, -0.15) is 0 Å². The number of carboxylic acid groups (broad SMARTS) is 2. The summed E-state index contributed by atoms with van der Waals surface area (Å²) in [4.78, 5) is 60.9. The molecule has 0 aromatic rings. The van der Waals surface area contributed by atoms with Crippen LogP contribution in [0.1, 0.15) is 65.2 Å². The summed E-state index contributed by atoms with van der Waals surface area (Å²) in [6.45, 7) is 4.48. The van der Waals surface area contributed by atoms with Gasteiger partial charge < -0.3 is 43.4 Å². The van der Waals surface area contributed by atoms with Gasteiger partial charge in [-0.3, -0.25) is 19.2 Å². The van der Waals surface area contributed by atoms with Crippen molar-refractivity contribution >= 4 is 29.7 Å². The summed E-state index contributed by atoms with van der Waals surface area (Å²) in [5.41, 5.74) is 16.7. The van der Waals surface area contributed by atoms with E-state index >= 15 is 0 Å². The maximum absolute atomic E-state index is 12.9. The number of unbranched alkanes of at least 4 members (excludes halogenated alkanes) is 2. The Morgan fingerprint density at radius 1 is 0.714 bits per heavy atom. The van der Waals surface area contributed by atoms with E-state index in [4.69, 9.17) is 17.2 Å². The van der Waals surface area contributed by atoms with E-state index in [1.165, 1.54) is 0 Å². The third kappa shape index (κ3) is 14.3. The number of aliphatic carboxylic acids is 2. The van der Waals surface area contributed by atoms with E-state index in [0.717, 1.165) is 0 Å². The Hall–Kier alpha value is -2.77. The standard InChI is InChI=1S/C22H42N6O7/c1-13(2)11-16(27-19(31)14(25)7-3-5-9-23)20(32)28-17(12-18(29)30)21(33)26-15(22(34)35)8-4-6-10-24/h13-17H,3-12,23-25H2,1-2H3,(H,26,33)(H,27,31)(H,28,32)(H,29,30)(H,34,35). The van der Waals surface area contributed by atoms with Crippen molar-refractivity contribution in [2.75, 3.05) is 13.1 Å². The van der Waals surface area contributed by atoms with Crippen LogP contribution in [0.4, 0.5) is 0 Å². The monoisotopic (exact) mass is 502 g/mol. The lowest BCUT2D eigenvalue weighted by molar-refractivity contribution is -0.143. The average Bonchev–Trinajstić information content (AvgIpc) is 2.76. The third-order valence-corrected chi connectivity index (χ3v) is 5.22. The lowest BCUT2D eigenvalue weighted by atomic mass is 10.0. The molecule has 13 nitrogen and oxygen atoms in total. The predicted molar refractivity (Wildman–Crippen MR) is 129 cm³/mol. The van der Waals surface area contributed by atoms with Gasteiger partial charge >= 0.3 is 11.9 Å². The van der Waals surface area contributed by atoms with Gasteiger partial charge in [-0.05, 0) is 57.5 Å². The Labute approximate surface area is 205 Å². The van der Waals surface area contributed by atoms with Gasteiger partial charge in [0.25, 0.3) is 0 Å². The molecule has 0 bridgehead atoms. The zero-order chi connectivity index (χ0) is 27.0. The van der Waals surface area contributed by atoms with Gasteiger partial charge in [0.05, 0.1) is 12.5 Å². The number of nitrogens with one attached hydrogen (secondary N) is 3. The van der Waals surface area contributed by atoms with Crippen LogP contribution in [0.2, 0.25) is 0 Å². The average molecular weight is 503 g/mol. The van der Waals surface area contributed by atoms with Gasteiger partial charge in [0.1, 0.15) is 18.1 Å². The first kappa shape index (κ1) is 32.2. The zero-order valence-electron chi connectivity index (χ0n) is 20.6. The van der Waals surface area contributed by atoms with E-state index in [0.29, 0.717) is 45.2 Å². The van der Waals surface area contributed by atoms with Crippen molar-refractivity contribution in [1.29, 1.82) is 0 Å². The number of nitrogens with two attached hydrogens (primary N) is 3. The lowest BCUT2D eigenvalue weighted by Gasteiger charge is -2.25. The smallest absolute Gasteiger partial charge is 0.326 e. The van der Waals surface area contributed by atoms with Gasteiger partial charge in [0.15, 0.2) is 0 Å². The molecule has 0 aliphatic rings. The van der Waals surface area contributed by atoms with Crippen molar-refractivity contribution in [2.24, 2.45) is 23.1 Å². The first-order chi connectivity index (χ1) is 16.4. The zero-order valence-corrected chi connectivity index (χ0v) is 20.6. The molecule has 11 N–H and O–H groups in total. The second kappa shape index (κ2) is 17.6. The first-order valence-electron chi connectivity index (χ1n) is 11.9. The van der Waals surface area contributed by atoms with Crippen LogP contribution in [0.25, 0.3) is 0 Å². The molecule has 4 unspecified atom stereocenters. The Morgan fingerprint density at radius 2 is 1.20 bits per heavy atom. The number of carbonyl (C=O) groups is 5. The third-order valence-electron chi connectivity index (χ3n) is 5.22. The van der Waals surface area contributed by atoms with Gasteiger partial charge in [-0.25, -0.2) is 4.79 Å². The summed E-state index contributed by atoms with van der Waals surface area (Å²) >= 11 is 0. The molecule has 0 aromatic carbocycles. The minimum absolute atomic E-state index is 0.0230. The highest BCUT2D eigenvalue weighted by molar-refractivity contribution is 5.95. The highest BCUT2D eigenvalue weighted by Crippen LogP contribution is 2.08. The van der Waals surface area contributed by atoms with E-state index in [-0.39, 0.29) is 18.8 Å². The molecule has 3 amide bonds. The van der Waals surface area contributed by atoms with Crippen LogP contribution in [0.3, 0.4) is 0 Å². The number of hydrogen-bond donors (Lipinski definition) is 8. The molecule has 0 radical (unpaired) electrons. The van der Waals surface area contributed by atoms with Crippen molar-refractivity contribution < 1.29 is 34.2 Å². The fourth-order valence-electron chi connectivity index (χ4n) is 3.30. The molecule has 35 heavy (non-hydrogen) atoms. The SMILES string of the molecule is CC(C)CC(NC(=O)C(N)CCCCN)C(=O)NC(CC(=O)O)C(=O)NC(CCCCN)C(=O)O.